The Labute approximate surface area is 118 Å². The van der Waals surface area contributed by atoms with Crippen LogP contribution in [0.4, 0.5) is 0 Å². The molecular formula is C16H30N2O. The molecule has 2 aliphatic heterocycles. The van der Waals surface area contributed by atoms with Crippen molar-refractivity contribution in [3.05, 3.63) is 0 Å². The van der Waals surface area contributed by atoms with Gasteiger partial charge in [0.05, 0.1) is 6.10 Å². The Hall–Kier alpha value is -0.120. The van der Waals surface area contributed by atoms with Crippen LogP contribution in [0.2, 0.25) is 0 Å². The quantitative estimate of drug-likeness (QED) is 0.827. The molecule has 3 heteroatoms. The fraction of sp³-hybridized carbons (Fsp3) is 1.00. The maximum absolute atomic E-state index is 5.78. The average molecular weight is 266 g/mol. The highest BCUT2D eigenvalue weighted by Crippen LogP contribution is 2.41. The van der Waals surface area contributed by atoms with Crippen molar-refractivity contribution in [1.82, 2.24) is 10.2 Å². The van der Waals surface area contributed by atoms with Gasteiger partial charge in [-0.05, 0) is 51.4 Å². The average Bonchev–Trinajstić information content (AvgIpc) is 3.15. The molecule has 0 aromatic carbocycles. The molecule has 3 unspecified atom stereocenters. The SMILES string of the molecule is CCC1CNC(C)(C2CC2)CN1CCC1CCCO1. The molecule has 1 aliphatic carbocycles. The summed E-state index contributed by atoms with van der Waals surface area (Å²) in [5.74, 6) is 0.926. The van der Waals surface area contributed by atoms with Gasteiger partial charge in [-0.15, -0.1) is 0 Å². The van der Waals surface area contributed by atoms with E-state index in [1.165, 1.54) is 58.2 Å². The molecule has 0 radical (unpaired) electrons. The van der Waals surface area contributed by atoms with Gasteiger partial charge >= 0.3 is 0 Å². The van der Waals surface area contributed by atoms with Crippen LogP contribution in [0, 0.1) is 5.92 Å². The number of ether oxygens (including phenoxy) is 1. The first-order valence-corrected chi connectivity index (χ1v) is 8.32. The Balaban J connectivity index is 1.55. The van der Waals surface area contributed by atoms with E-state index < -0.39 is 0 Å². The Morgan fingerprint density at radius 1 is 1.32 bits per heavy atom. The molecule has 3 rings (SSSR count). The third kappa shape index (κ3) is 3.14. The van der Waals surface area contributed by atoms with E-state index >= 15 is 0 Å². The second-order valence-electron chi connectivity index (χ2n) is 7.03. The molecule has 0 aromatic heterocycles. The van der Waals surface area contributed by atoms with Crippen molar-refractivity contribution < 1.29 is 4.74 Å². The minimum absolute atomic E-state index is 0.377. The Kier molecular flexibility index (Phi) is 4.16. The summed E-state index contributed by atoms with van der Waals surface area (Å²) in [4.78, 5) is 2.75. The van der Waals surface area contributed by atoms with Gasteiger partial charge in [0.25, 0.3) is 0 Å². The van der Waals surface area contributed by atoms with Crippen molar-refractivity contribution in [2.45, 2.75) is 70.1 Å². The lowest BCUT2D eigenvalue weighted by Crippen LogP contribution is -2.64. The molecule has 3 fully saturated rings. The molecule has 2 heterocycles. The van der Waals surface area contributed by atoms with Crippen molar-refractivity contribution in [2.75, 3.05) is 26.2 Å². The van der Waals surface area contributed by atoms with Gasteiger partial charge in [-0.3, -0.25) is 4.90 Å². The first-order chi connectivity index (χ1) is 9.21. The normalized spacial score (nSPS) is 40.7. The summed E-state index contributed by atoms with van der Waals surface area (Å²) in [6, 6.07) is 0.730. The summed E-state index contributed by atoms with van der Waals surface area (Å²) in [5, 5.41) is 3.84. The molecule has 2 saturated heterocycles. The molecule has 110 valence electrons. The molecule has 3 aliphatic rings. The van der Waals surface area contributed by atoms with E-state index in [0.29, 0.717) is 11.6 Å². The van der Waals surface area contributed by atoms with Crippen molar-refractivity contribution in [1.29, 1.82) is 0 Å². The van der Waals surface area contributed by atoms with Gasteiger partial charge in [-0.2, -0.15) is 0 Å². The fourth-order valence-corrected chi connectivity index (χ4v) is 3.93. The Bertz CT molecular complexity index is 299. The zero-order valence-electron chi connectivity index (χ0n) is 12.7. The van der Waals surface area contributed by atoms with Crippen molar-refractivity contribution in [2.24, 2.45) is 5.92 Å². The van der Waals surface area contributed by atoms with Crippen LogP contribution in [0.3, 0.4) is 0 Å². The predicted molar refractivity (Wildman–Crippen MR) is 78.4 cm³/mol. The van der Waals surface area contributed by atoms with Crippen molar-refractivity contribution in [3.8, 4) is 0 Å². The van der Waals surface area contributed by atoms with Crippen LogP contribution in [-0.4, -0.2) is 48.8 Å². The topological polar surface area (TPSA) is 24.5 Å². The van der Waals surface area contributed by atoms with Gasteiger partial charge in [0.15, 0.2) is 0 Å². The van der Waals surface area contributed by atoms with Crippen LogP contribution in [0.15, 0.2) is 0 Å². The zero-order chi connectivity index (χ0) is 13.3. The summed E-state index contributed by atoms with van der Waals surface area (Å²) >= 11 is 0. The molecule has 3 atom stereocenters. The van der Waals surface area contributed by atoms with Crippen LogP contribution in [0.1, 0.15) is 52.4 Å². The molecule has 1 N–H and O–H groups in total. The van der Waals surface area contributed by atoms with E-state index in [1.54, 1.807) is 0 Å². The summed E-state index contributed by atoms with van der Waals surface area (Å²) in [7, 11) is 0. The van der Waals surface area contributed by atoms with Gasteiger partial charge in [0, 0.05) is 37.8 Å². The second-order valence-corrected chi connectivity index (χ2v) is 7.03. The predicted octanol–water partition coefficient (Wildman–Crippen LogP) is 2.41. The number of piperazine rings is 1. The summed E-state index contributed by atoms with van der Waals surface area (Å²) in [6.07, 6.45) is 8.45. The number of hydrogen-bond acceptors (Lipinski definition) is 3. The zero-order valence-corrected chi connectivity index (χ0v) is 12.7. The van der Waals surface area contributed by atoms with E-state index in [4.69, 9.17) is 4.74 Å². The lowest BCUT2D eigenvalue weighted by molar-refractivity contribution is 0.0462. The number of rotatable bonds is 5. The van der Waals surface area contributed by atoms with E-state index in [2.05, 4.69) is 24.1 Å². The van der Waals surface area contributed by atoms with Gasteiger partial charge in [-0.1, -0.05) is 6.92 Å². The third-order valence-electron chi connectivity index (χ3n) is 5.50. The fourth-order valence-electron chi connectivity index (χ4n) is 3.93. The summed E-state index contributed by atoms with van der Waals surface area (Å²) in [5.41, 5.74) is 0.377. The Morgan fingerprint density at radius 2 is 2.16 bits per heavy atom. The maximum Gasteiger partial charge on any atom is 0.0588 e. The minimum atomic E-state index is 0.377. The summed E-state index contributed by atoms with van der Waals surface area (Å²) < 4.78 is 5.78. The minimum Gasteiger partial charge on any atom is -0.378 e. The van der Waals surface area contributed by atoms with E-state index in [1.807, 2.05) is 0 Å². The largest absolute Gasteiger partial charge is 0.378 e. The van der Waals surface area contributed by atoms with Crippen LogP contribution in [0.25, 0.3) is 0 Å². The van der Waals surface area contributed by atoms with Crippen LogP contribution >= 0.6 is 0 Å². The molecule has 0 amide bonds. The second kappa shape index (κ2) is 5.71. The third-order valence-corrected chi connectivity index (χ3v) is 5.50. The number of hydrogen-bond donors (Lipinski definition) is 1. The van der Waals surface area contributed by atoms with Gasteiger partial charge in [0.1, 0.15) is 0 Å². The number of nitrogens with zero attached hydrogens (tertiary/aromatic N) is 1. The standard InChI is InChI=1S/C16H30N2O/c1-3-14-11-17-16(2,13-6-7-13)12-18(14)9-8-15-5-4-10-19-15/h13-15,17H,3-12H2,1-2H3. The lowest BCUT2D eigenvalue weighted by atomic mass is 9.90. The van der Waals surface area contributed by atoms with Crippen LogP contribution in [-0.2, 0) is 4.74 Å². The first-order valence-electron chi connectivity index (χ1n) is 8.32. The number of nitrogens with one attached hydrogen (secondary N) is 1. The van der Waals surface area contributed by atoms with Crippen molar-refractivity contribution >= 4 is 0 Å². The Morgan fingerprint density at radius 3 is 2.79 bits per heavy atom. The highest BCUT2D eigenvalue weighted by molar-refractivity contribution is 5.04. The molecule has 1 saturated carbocycles. The molecule has 0 spiro atoms. The van der Waals surface area contributed by atoms with E-state index in [9.17, 15) is 0 Å². The maximum atomic E-state index is 5.78. The van der Waals surface area contributed by atoms with Gasteiger partial charge in [0.2, 0.25) is 0 Å². The molecule has 19 heavy (non-hydrogen) atoms. The van der Waals surface area contributed by atoms with Crippen LogP contribution < -0.4 is 5.32 Å². The lowest BCUT2D eigenvalue weighted by Gasteiger charge is -2.47. The molecule has 0 bridgehead atoms. The first kappa shape index (κ1) is 13.8. The van der Waals surface area contributed by atoms with Gasteiger partial charge in [-0.25, -0.2) is 0 Å². The smallest absolute Gasteiger partial charge is 0.0588 e. The molecule has 3 nitrogen and oxygen atoms in total. The van der Waals surface area contributed by atoms with Crippen molar-refractivity contribution in [3.63, 3.8) is 0 Å². The monoisotopic (exact) mass is 266 g/mol. The van der Waals surface area contributed by atoms with Crippen LogP contribution in [0.5, 0.6) is 0 Å². The van der Waals surface area contributed by atoms with E-state index in [-0.39, 0.29) is 0 Å². The van der Waals surface area contributed by atoms with Gasteiger partial charge < -0.3 is 10.1 Å². The van der Waals surface area contributed by atoms with E-state index in [0.717, 1.165) is 18.6 Å². The highest BCUT2D eigenvalue weighted by atomic mass is 16.5. The summed E-state index contributed by atoms with van der Waals surface area (Å²) in [6.45, 7) is 9.40. The highest BCUT2D eigenvalue weighted by Gasteiger charge is 2.45. The molecule has 0 aromatic rings. The molecular weight excluding hydrogens is 236 g/mol.